The number of carbonyl (C=O) groups is 1. The summed E-state index contributed by atoms with van der Waals surface area (Å²) in [5.41, 5.74) is 0.850. The topological polar surface area (TPSA) is 32.3 Å². The van der Waals surface area contributed by atoms with E-state index in [-0.39, 0.29) is 11.9 Å². The molecule has 98 valence electrons. The van der Waals surface area contributed by atoms with Crippen LogP contribution in [0.3, 0.4) is 0 Å². The Hall–Kier alpha value is -0.740. The lowest BCUT2D eigenvalue weighted by Crippen LogP contribution is -2.39. The van der Waals surface area contributed by atoms with Crippen molar-refractivity contribution in [3.05, 3.63) is 27.7 Å². The van der Waals surface area contributed by atoms with Crippen LogP contribution in [0.2, 0.25) is 5.02 Å². The minimum Gasteiger partial charge on any atom is -0.373 e. The van der Waals surface area contributed by atoms with Gasteiger partial charge < -0.3 is 10.2 Å². The molecule has 1 aromatic rings. The summed E-state index contributed by atoms with van der Waals surface area (Å²) >= 11 is 9.40. The van der Waals surface area contributed by atoms with E-state index in [1.807, 2.05) is 30.0 Å². The summed E-state index contributed by atoms with van der Waals surface area (Å²) in [6.45, 7) is 3.64. The summed E-state index contributed by atoms with van der Waals surface area (Å²) in [4.78, 5) is 14.1. The number of likely N-dealkylation sites (tertiary alicyclic amines) is 1. The zero-order valence-electron chi connectivity index (χ0n) is 10.2. The van der Waals surface area contributed by atoms with Crippen LogP contribution in [-0.2, 0) is 4.79 Å². The van der Waals surface area contributed by atoms with Crippen LogP contribution in [0.4, 0.5) is 5.69 Å². The molecule has 18 heavy (non-hydrogen) atoms. The predicted molar refractivity (Wildman–Crippen MR) is 78.1 cm³/mol. The van der Waals surface area contributed by atoms with Crippen LogP contribution in [-0.4, -0.2) is 29.9 Å². The first-order valence-corrected chi connectivity index (χ1v) is 7.25. The number of nitrogens with zero attached hydrogens (tertiary/aromatic N) is 1. The van der Waals surface area contributed by atoms with Gasteiger partial charge in [-0.25, -0.2) is 0 Å². The van der Waals surface area contributed by atoms with E-state index >= 15 is 0 Å². The van der Waals surface area contributed by atoms with Crippen LogP contribution in [0.1, 0.15) is 19.8 Å². The third kappa shape index (κ3) is 3.18. The third-order valence-electron chi connectivity index (χ3n) is 3.09. The predicted octanol–water partition coefficient (Wildman–Crippen LogP) is 3.53. The Balaban J connectivity index is 2.03. The van der Waals surface area contributed by atoms with Crippen LogP contribution in [0.25, 0.3) is 0 Å². The van der Waals surface area contributed by atoms with Crippen LogP contribution in [0, 0.1) is 0 Å². The second-order valence-electron chi connectivity index (χ2n) is 4.52. The van der Waals surface area contributed by atoms with Gasteiger partial charge in [0.1, 0.15) is 6.04 Å². The van der Waals surface area contributed by atoms with Gasteiger partial charge in [0, 0.05) is 22.6 Å². The van der Waals surface area contributed by atoms with Crippen molar-refractivity contribution < 1.29 is 4.79 Å². The van der Waals surface area contributed by atoms with E-state index in [0.717, 1.165) is 36.1 Å². The van der Waals surface area contributed by atoms with Crippen molar-refractivity contribution in [2.45, 2.75) is 25.8 Å². The monoisotopic (exact) mass is 330 g/mol. The molecular weight excluding hydrogens is 316 g/mol. The number of nitrogens with one attached hydrogen (secondary N) is 1. The highest BCUT2D eigenvalue weighted by atomic mass is 79.9. The van der Waals surface area contributed by atoms with Gasteiger partial charge in [-0.3, -0.25) is 4.79 Å². The molecule has 0 bridgehead atoms. The van der Waals surface area contributed by atoms with Gasteiger partial charge in [0.05, 0.1) is 5.69 Å². The summed E-state index contributed by atoms with van der Waals surface area (Å²) in [5, 5.41) is 3.86. The van der Waals surface area contributed by atoms with Gasteiger partial charge in [0.2, 0.25) is 5.91 Å². The molecule has 1 saturated heterocycles. The first-order chi connectivity index (χ1) is 8.58. The largest absolute Gasteiger partial charge is 0.373 e. The first kappa shape index (κ1) is 13.7. The number of rotatable bonds is 3. The minimum absolute atomic E-state index is 0.152. The molecule has 0 radical (unpaired) electrons. The molecule has 0 aliphatic carbocycles. The molecule has 1 amide bonds. The quantitative estimate of drug-likeness (QED) is 0.919. The summed E-state index contributed by atoms with van der Waals surface area (Å²) in [5.74, 6) is 0.152. The summed E-state index contributed by atoms with van der Waals surface area (Å²) in [6.07, 6.45) is 2.22. The van der Waals surface area contributed by atoms with Crippen molar-refractivity contribution in [2.24, 2.45) is 0 Å². The molecule has 1 aromatic carbocycles. The third-order valence-corrected chi connectivity index (χ3v) is 4.02. The fraction of sp³-hybridized carbons (Fsp3) is 0.462. The lowest BCUT2D eigenvalue weighted by Gasteiger charge is -2.22. The smallest absolute Gasteiger partial charge is 0.244 e. The number of halogens is 2. The van der Waals surface area contributed by atoms with Crippen LogP contribution < -0.4 is 5.32 Å². The maximum atomic E-state index is 12.2. The molecular formula is C13H16BrClN2O. The van der Waals surface area contributed by atoms with Gasteiger partial charge in [-0.1, -0.05) is 11.6 Å². The lowest BCUT2D eigenvalue weighted by molar-refractivity contribution is -0.130. The van der Waals surface area contributed by atoms with E-state index in [0.29, 0.717) is 5.02 Å². The highest BCUT2D eigenvalue weighted by molar-refractivity contribution is 9.10. The molecule has 1 unspecified atom stereocenters. The number of anilines is 1. The van der Waals surface area contributed by atoms with E-state index in [1.165, 1.54) is 0 Å². The van der Waals surface area contributed by atoms with Crippen molar-refractivity contribution in [2.75, 3.05) is 18.4 Å². The Morgan fingerprint density at radius 3 is 2.78 bits per heavy atom. The Bertz CT molecular complexity index is 447. The zero-order valence-corrected chi connectivity index (χ0v) is 12.6. The van der Waals surface area contributed by atoms with Crippen molar-refractivity contribution in [3.8, 4) is 0 Å². The van der Waals surface area contributed by atoms with E-state index < -0.39 is 0 Å². The highest BCUT2D eigenvalue weighted by Gasteiger charge is 2.23. The second kappa shape index (κ2) is 5.93. The van der Waals surface area contributed by atoms with E-state index in [9.17, 15) is 4.79 Å². The molecule has 3 nitrogen and oxygen atoms in total. The van der Waals surface area contributed by atoms with Crippen LogP contribution in [0.5, 0.6) is 0 Å². The Morgan fingerprint density at radius 1 is 1.44 bits per heavy atom. The number of hydrogen-bond donors (Lipinski definition) is 1. The van der Waals surface area contributed by atoms with Gasteiger partial charge in [-0.15, -0.1) is 0 Å². The Morgan fingerprint density at radius 2 is 2.11 bits per heavy atom. The maximum absolute atomic E-state index is 12.2. The van der Waals surface area contributed by atoms with Crippen LogP contribution in [0.15, 0.2) is 22.7 Å². The average Bonchev–Trinajstić information content (AvgIpc) is 2.86. The van der Waals surface area contributed by atoms with Crippen molar-refractivity contribution in [3.63, 3.8) is 0 Å². The summed E-state index contributed by atoms with van der Waals surface area (Å²) in [7, 11) is 0. The average molecular weight is 332 g/mol. The van der Waals surface area contributed by atoms with Gasteiger partial charge >= 0.3 is 0 Å². The fourth-order valence-electron chi connectivity index (χ4n) is 2.11. The van der Waals surface area contributed by atoms with Crippen molar-refractivity contribution in [1.82, 2.24) is 4.90 Å². The van der Waals surface area contributed by atoms with Gasteiger partial charge in [-0.2, -0.15) is 0 Å². The van der Waals surface area contributed by atoms with Crippen LogP contribution >= 0.6 is 27.5 Å². The SMILES string of the molecule is CC(Nc1cc(Cl)ccc1Br)C(=O)N1CCCC1. The first-order valence-electron chi connectivity index (χ1n) is 6.08. The standard InChI is InChI=1S/C13H16BrClN2O/c1-9(13(18)17-6-2-3-7-17)16-12-8-10(15)4-5-11(12)14/h4-5,8-9,16H,2-3,6-7H2,1H3. The van der Waals surface area contributed by atoms with Crippen molar-refractivity contribution in [1.29, 1.82) is 0 Å². The molecule has 5 heteroatoms. The fourth-order valence-corrected chi connectivity index (χ4v) is 2.65. The Labute approximate surface area is 121 Å². The minimum atomic E-state index is -0.238. The Kier molecular flexibility index (Phi) is 4.51. The molecule has 1 fully saturated rings. The van der Waals surface area contributed by atoms with Gasteiger partial charge in [0.25, 0.3) is 0 Å². The van der Waals surface area contributed by atoms with Gasteiger partial charge in [-0.05, 0) is 53.9 Å². The van der Waals surface area contributed by atoms with E-state index in [1.54, 1.807) is 0 Å². The highest BCUT2D eigenvalue weighted by Crippen LogP contribution is 2.26. The molecule has 1 atom stereocenters. The van der Waals surface area contributed by atoms with Gasteiger partial charge in [0.15, 0.2) is 0 Å². The molecule has 0 saturated carbocycles. The molecule has 0 aromatic heterocycles. The number of amides is 1. The van der Waals surface area contributed by atoms with Crippen molar-refractivity contribution >= 4 is 39.1 Å². The molecule has 1 aliphatic rings. The van der Waals surface area contributed by atoms with E-state index in [4.69, 9.17) is 11.6 Å². The summed E-state index contributed by atoms with van der Waals surface area (Å²) < 4.78 is 0.910. The molecule has 1 N–H and O–H groups in total. The molecule has 2 rings (SSSR count). The molecule has 0 spiro atoms. The maximum Gasteiger partial charge on any atom is 0.244 e. The molecule has 1 aliphatic heterocycles. The number of hydrogen-bond acceptors (Lipinski definition) is 2. The number of benzene rings is 1. The van der Waals surface area contributed by atoms with E-state index in [2.05, 4.69) is 21.2 Å². The zero-order chi connectivity index (χ0) is 13.1. The summed E-state index contributed by atoms with van der Waals surface area (Å²) in [6, 6.07) is 5.26. The number of carbonyl (C=O) groups excluding carboxylic acids is 1. The lowest BCUT2D eigenvalue weighted by atomic mass is 10.2. The molecule has 1 heterocycles. The second-order valence-corrected chi connectivity index (χ2v) is 5.81. The normalized spacial score (nSPS) is 16.7.